The lowest BCUT2D eigenvalue weighted by atomic mass is 10.2. The van der Waals surface area contributed by atoms with E-state index < -0.39 is 0 Å². The summed E-state index contributed by atoms with van der Waals surface area (Å²) >= 11 is 3.42. The van der Waals surface area contributed by atoms with E-state index in [9.17, 15) is 9.59 Å². The van der Waals surface area contributed by atoms with E-state index in [1.54, 1.807) is 50.6 Å². The van der Waals surface area contributed by atoms with Crippen LogP contribution in [0.25, 0.3) is 6.08 Å². The van der Waals surface area contributed by atoms with Gasteiger partial charge in [0.2, 0.25) is 5.91 Å². The van der Waals surface area contributed by atoms with Crippen molar-refractivity contribution in [3.05, 3.63) is 58.1 Å². The number of rotatable bonds is 8. The average Bonchev–Trinajstić information content (AvgIpc) is 2.70. The third kappa shape index (κ3) is 6.64. The molecule has 0 aromatic heterocycles. The molecule has 154 valence electrons. The van der Waals surface area contributed by atoms with Crippen LogP contribution in [0.2, 0.25) is 0 Å². The van der Waals surface area contributed by atoms with Crippen LogP contribution in [0.3, 0.4) is 0 Å². The average molecular weight is 462 g/mol. The maximum atomic E-state index is 12.2. The van der Waals surface area contributed by atoms with E-state index >= 15 is 0 Å². The monoisotopic (exact) mass is 461 g/mol. The molecule has 0 saturated carbocycles. The molecule has 0 heterocycles. The number of benzene rings is 2. The number of ether oxygens (including phenoxy) is 3. The van der Waals surface area contributed by atoms with Gasteiger partial charge in [-0.2, -0.15) is 0 Å². The number of carbonyl (C=O) groups excluding carboxylic acids is 2. The Bertz CT molecular complexity index is 891. The molecule has 0 aliphatic heterocycles. The molecule has 0 bridgehead atoms. The van der Waals surface area contributed by atoms with Gasteiger partial charge in [0.1, 0.15) is 0 Å². The van der Waals surface area contributed by atoms with Crippen LogP contribution in [0.15, 0.2) is 46.9 Å². The summed E-state index contributed by atoms with van der Waals surface area (Å²) in [5.74, 6) is 0.736. The van der Waals surface area contributed by atoms with E-state index in [0.717, 1.165) is 10.0 Å². The zero-order chi connectivity index (χ0) is 21.4. The minimum Gasteiger partial charge on any atom is -0.493 e. The summed E-state index contributed by atoms with van der Waals surface area (Å²) in [4.78, 5) is 24.1. The molecule has 0 spiro atoms. The molecule has 0 radical (unpaired) electrons. The summed E-state index contributed by atoms with van der Waals surface area (Å²) < 4.78 is 16.5. The molecular weight excluding hydrogens is 438 g/mol. The van der Waals surface area contributed by atoms with E-state index in [1.165, 1.54) is 6.08 Å². The number of amides is 1. The zero-order valence-electron chi connectivity index (χ0n) is 16.8. The number of anilines is 1. The lowest BCUT2D eigenvalue weighted by molar-refractivity contribution is -0.111. The molecule has 0 aliphatic rings. The van der Waals surface area contributed by atoms with Crippen molar-refractivity contribution in [3.8, 4) is 11.5 Å². The van der Waals surface area contributed by atoms with Crippen molar-refractivity contribution in [1.82, 2.24) is 0 Å². The first-order valence-corrected chi connectivity index (χ1v) is 9.81. The van der Waals surface area contributed by atoms with E-state index in [1.807, 2.05) is 19.9 Å². The van der Waals surface area contributed by atoms with Crippen molar-refractivity contribution in [2.45, 2.75) is 13.8 Å². The molecule has 6 nitrogen and oxygen atoms in total. The van der Waals surface area contributed by atoms with Crippen molar-refractivity contribution in [2.75, 3.05) is 26.1 Å². The first-order chi connectivity index (χ1) is 13.8. The molecule has 7 heteroatoms. The van der Waals surface area contributed by atoms with Crippen LogP contribution in [0.4, 0.5) is 5.69 Å². The Labute approximate surface area is 179 Å². The molecule has 0 unspecified atom stereocenters. The largest absolute Gasteiger partial charge is 0.493 e. The first-order valence-electron chi connectivity index (χ1n) is 9.01. The van der Waals surface area contributed by atoms with Gasteiger partial charge in [0.25, 0.3) is 0 Å². The number of hydrogen-bond acceptors (Lipinski definition) is 5. The van der Waals surface area contributed by atoms with Crippen molar-refractivity contribution in [3.63, 3.8) is 0 Å². The third-order valence-electron chi connectivity index (χ3n) is 3.82. The topological polar surface area (TPSA) is 73.9 Å². The van der Waals surface area contributed by atoms with Gasteiger partial charge in [-0.15, -0.1) is 0 Å². The lowest BCUT2D eigenvalue weighted by Crippen LogP contribution is -2.11. The first kappa shape index (κ1) is 22.5. The molecule has 2 aromatic carbocycles. The quantitative estimate of drug-likeness (QED) is 0.445. The molecule has 29 heavy (non-hydrogen) atoms. The summed E-state index contributed by atoms with van der Waals surface area (Å²) in [5, 5.41) is 2.75. The van der Waals surface area contributed by atoms with E-state index in [4.69, 9.17) is 14.2 Å². The van der Waals surface area contributed by atoms with Crippen LogP contribution < -0.4 is 14.8 Å². The van der Waals surface area contributed by atoms with Crippen molar-refractivity contribution < 1.29 is 23.8 Å². The highest BCUT2D eigenvalue weighted by molar-refractivity contribution is 9.10. The number of methoxy groups -OCH3 is 2. The van der Waals surface area contributed by atoms with Crippen molar-refractivity contribution in [1.29, 1.82) is 0 Å². The summed E-state index contributed by atoms with van der Waals surface area (Å²) in [7, 11) is 3.10. The Morgan fingerprint density at radius 3 is 2.38 bits per heavy atom. The second-order valence-electron chi connectivity index (χ2n) is 6.63. The van der Waals surface area contributed by atoms with Gasteiger partial charge in [-0.25, -0.2) is 4.79 Å². The minimum atomic E-state index is -0.379. The predicted octanol–water partition coefficient (Wildman–Crippen LogP) is 4.93. The van der Waals surface area contributed by atoms with E-state index in [2.05, 4.69) is 21.2 Å². The van der Waals surface area contributed by atoms with Crippen LogP contribution >= 0.6 is 15.9 Å². The fraction of sp³-hybridized carbons (Fsp3) is 0.273. The normalized spacial score (nSPS) is 10.8. The van der Waals surface area contributed by atoms with Crippen molar-refractivity contribution in [2.24, 2.45) is 5.92 Å². The standard InChI is InChI=1S/C22H24BrNO5/c1-14(2)13-29-22(26)16-6-8-17(9-7-16)24-20(25)10-5-15-11-18(23)21(28-4)19(12-15)27-3/h5-12,14H,13H2,1-4H3,(H,24,25). The van der Waals surface area contributed by atoms with Gasteiger partial charge in [0.05, 0.1) is 30.9 Å². The molecular formula is C22H24BrNO5. The van der Waals surface area contributed by atoms with Crippen LogP contribution in [0.5, 0.6) is 11.5 Å². The van der Waals surface area contributed by atoms with Gasteiger partial charge in [-0.3, -0.25) is 4.79 Å². The van der Waals surface area contributed by atoms with Crippen molar-refractivity contribution >= 4 is 39.6 Å². The van der Waals surface area contributed by atoms with Gasteiger partial charge in [-0.05, 0) is 69.9 Å². The minimum absolute atomic E-state index is 0.274. The number of nitrogens with one attached hydrogen (secondary N) is 1. The molecule has 2 rings (SSSR count). The Balaban J connectivity index is 2.00. The van der Waals surface area contributed by atoms with Gasteiger partial charge in [0.15, 0.2) is 11.5 Å². The maximum absolute atomic E-state index is 12.2. The molecule has 0 atom stereocenters. The van der Waals surface area contributed by atoms with Crippen LogP contribution in [0.1, 0.15) is 29.8 Å². The molecule has 1 N–H and O–H groups in total. The number of carbonyl (C=O) groups is 2. The smallest absolute Gasteiger partial charge is 0.338 e. The lowest BCUT2D eigenvalue weighted by Gasteiger charge is -2.10. The highest BCUT2D eigenvalue weighted by atomic mass is 79.9. The van der Waals surface area contributed by atoms with Gasteiger partial charge >= 0.3 is 5.97 Å². The third-order valence-corrected chi connectivity index (χ3v) is 4.41. The number of halogens is 1. The zero-order valence-corrected chi connectivity index (χ0v) is 18.4. The fourth-order valence-corrected chi connectivity index (χ4v) is 3.03. The summed E-state index contributed by atoms with van der Waals surface area (Å²) in [6.07, 6.45) is 3.08. The SMILES string of the molecule is COc1cc(C=CC(=O)Nc2ccc(C(=O)OCC(C)C)cc2)cc(Br)c1OC. The van der Waals surface area contributed by atoms with E-state index in [0.29, 0.717) is 29.4 Å². The Morgan fingerprint density at radius 1 is 1.10 bits per heavy atom. The molecule has 1 amide bonds. The summed E-state index contributed by atoms with van der Waals surface area (Å²) in [6.45, 7) is 4.31. The summed E-state index contributed by atoms with van der Waals surface area (Å²) in [6, 6.07) is 10.1. The Morgan fingerprint density at radius 2 is 1.79 bits per heavy atom. The van der Waals surface area contributed by atoms with E-state index in [-0.39, 0.29) is 17.8 Å². The fourth-order valence-electron chi connectivity index (χ4n) is 2.41. The second-order valence-corrected chi connectivity index (χ2v) is 7.48. The second kappa shape index (κ2) is 10.7. The van der Waals surface area contributed by atoms with Crippen LogP contribution in [0, 0.1) is 5.92 Å². The number of hydrogen-bond donors (Lipinski definition) is 1. The predicted molar refractivity (Wildman–Crippen MR) is 116 cm³/mol. The van der Waals surface area contributed by atoms with Gasteiger partial charge < -0.3 is 19.5 Å². The summed E-state index contributed by atoms with van der Waals surface area (Å²) in [5.41, 5.74) is 1.79. The van der Waals surface area contributed by atoms with Gasteiger partial charge in [-0.1, -0.05) is 13.8 Å². The molecule has 0 saturated heterocycles. The van der Waals surface area contributed by atoms with Crippen LogP contribution in [-0.2, 0) is 9.53 Å². The highest BCUT2D eigenvalue weighted by Gasteiger charge is 2.10. The molecule has 2 aromatic rings. The Kier molecular flexibility index (Phi) is 8.27. The molecule has 0 fully saturated rings. The molecule has 0 aliphatic carbocycles. The maximum Gasteiger partial charge on any atom is 0.338 e. The van der Waals surface area contributed by atoms with Gasteiger partial charge in [0, 0.05) is 11.8 Å². The Hall–Kier alpha value is -2.80. The highest BCUT2D eigenvalue weighted by Crippen LogP contribution is 2.36. The number of esters is 1. The van der Waals surface area contributed by atoms with Crippen LogP contribution in [-0.4, -0.2) is 32.7 Å².